The third-order valence-corrected chi connectivity index (χ3v) is 4.92. The number of carbonyl (C=O) groups is 1. The molecule has 3 rings (SSSR count). The summed E-state index contributed by atoms with van der Waals surface area (Å²) in [6.07, 6.45) is 9.39. The molecule has 0 aliphatic rings. The number of nitrogens with zero attached hydrogens (tertiary/aromatic N) is 2. The number of amides is 1. The second-order valence-corrected chi connectivity index (χ2v) is 8.23. The molecule has 5 nitrogen and oxygen atoms in total. The van der Waals surface area contributed by atoms with Crippen molar-refractivity contribution in [3.8, 4) is 0 Å². The standard InChI is InChI=1S/C26H30N4O/c1-17(2)9-10-25-19(4)12-24(16-28-25)29-20(5)21-7-6-8-23(13-21)30-26(31)22-11-18(3)14-27-15-22/h6-17,20,29H,1-5H3,(H,30,31)/b10-9-. The monoisotopic (exact) mass is 414 g/mol. The highest BCUT2D eigenvalue weighted by molar-refractivity contribution is 6.04. The van der Waals surface area contributed by atoms with Gasteiger partial charge in [0.05, 0.1) is 23.1 Å². The predicted molar refractivity (Wildman–Crippen MR) is 128 cm³/mol. The van der Waals surface area contributed by atoms with Gasteiger partial charge in [0.1, 0.15) is 0 Å². The number of aromatic nitrogens is 2. The first-order chi connectivity index (χ1) is 14.8. The fourth-order valence-electron chi connectivity index (χ4n) is 3.22. The van der Waals surface area contributed by atoms with Crippen molar-refractivity contribution in [2.24, 2.45) is 5.92 Å². The zero-order valence-electron chi connectivity index (χ0n) is 18.8. The molecule has 0 bridgehead atoms. The Morgan fingerprint density at radius 1 is 1.00 bits per heavy atom. The minimum atomic E-state index is -0.168. The summed E-state index contributed by atoms with van der Waals surface area (Å²) in [7, 11) is 0. The smallest absolute Gasteiger partial charge is 0.257 e. The molecule has 0 saturated heterocycles. The van der Waals surface area contributed by atoms with Gasteiger partial charge in [0.2, 0.25) is 0 Å². The third kappa shape index (κ3) is 6.25. The lowest BCUT2D eigenvalue weighted by molar-refractivity contribution is 0.102. The molecule has 2 N–H and O–H groups in total. The molecule has 1 unspecified atom stereocenters. The van der Waals surface area contributed by atoms with Gasteiger partial charge in [-0.3, -0.25) is 14.8 Å². The van der Waals surface area contributed by atoms with Crippen molar-refractivity contribution in [2.45, 2.75) is 40.7 Å². The fraction of sp³-hybridized carbons (Fsp3) is 0.269. The van der Waals surface area contributed by atoms with E-state index in [1.165, 1.54) is 0 Å². The van der Waals surface area contributed by atoms with Crippen molar-refractivity contribution < 1.29 is 4.79 Å². The van der Waals surface area contributed by atoms with Crippen molar-refractivity contribution in [1.29, 1.82) is 0 Å². The van der Waals surface area contributed by atoms with Gasteiger partial charge in [0.25, 0.3) is 5.91 Å². The fourth-order valence-corrected chi connectivity index (χ4v) is 3.22. The Kier molecular flexibility index (Phi) is 7.19. The van der Waals surface area contributed by atoms with Crippen LogP contribution < -0.4 is 10.6 Å². The average molecular weight is 415 g/mol. The number of hydrogen-bond donors (Lipinski definition) is 2. The second-order valence-electron chi connectivity index (χ2n) is 8.23. The highest BCUT2D eigenvalue weighted by Gasteiger charge is 2.10. The third-order valence-electron chi connectivity index (χ3n) is 4.92. The van der Waals surface area contributed by atoms with Crippen LogP contribution in [-0.2, 0) is 0 Å². The minimum absolute atomic E-state index is 0.0516. The van der Waals surface area contributed by atoms with Gasteiger partial charge in [-0.15, -0.1) is 0 Å². The van der Waals surface area contributed by atoms with E-state index in [4.69, 9.17) is 0 Å². The predicted octanol–water partition coefficient (Wildman–Crippen LogP) is 6.19. The molecule has 0 saturated carbocycles. The van der Waals surface area contributed by atoms with E-state index in [0.29, 0.717) is 11.5 Å². The Labute approximate surface area is 184 Å². The Morgan fingerprint density at radius 2 is 1.81 bits per heavy atom. The molecule has 31 heavy (non-hydrogen) atoms. The van der Waals surface area contributed by atoms with E-state index >= 15 is 0 Å². The van der Waals surface area contributed by atoms with Crippen LogP contribution in [-0.4, -0.2) is 15.9 Å². The Balaban J connectivity index is 1.69. The molecule has 1 aromatic carbocycles. The van der Waals surface area contributed by atoms with Crippen LogP contribution in [0.25, 0.3) is 6.08 Å². The summed E-state index contributed by atoms with van der Waals surface area (Å²) in [5.74, 6) is 0.327. The van der Waals surface area contributed by atoms with Crippen molar-refractivity contribution in [3.63, 3.8) is 0 Å². The molecule has 1 atom stereocenters. The van der Waals surface area contributed by atoms with Crippen LogP contribution in [0.5, 0.6) is 0 Å². The van der Waals surface area contributed by atoms with E-state index in [-0.39, 0.29) is 11.9 Å². The van der Waals surface area contributed by atoms with Gasteiger partial charge >= 0.3 is 0 Å². The molecule has 0 fully saturated rings. The van der Waals surface area contributed by atoms with Crippen LogP contribution in [0.2, 0.25) is 0 Å². The van der Waals surface area contributed by atoms with Gasteiger partial charge in [-0.1, -0.05) is 32.1 Å². The molecule has 0 spiro atoms. The van der Waals surface area contributed by atoms with Gasteiger partial charge in [-0.25, -0.2) is 0 Å². The summed E-state index contributed by atoms with van der Waals surface area (Å²) in [5, 5.41) is 6.46. The Hall–Kier alpha value is -3.47. The number of anilines is 2. The normalized spacial score (nSPS) is 12.2. The van der Waals surface area contributed by atoms with Crippen LogP contribution in [0.1, 0.15) is 59.6 Å². The molecular formula is C26H30N4O. The van der Waals surface area contributed by atoms with Gasteiger partial charge in [-0.05, 0) is 73.7 Å². The van der Waals surface area contributed by atoms with E-state index < -0.39 is 0 Å². The highest BCUT2D eigenvalue weighted by atomic mass is 16.1. The molecule has 5 heteroatoms. The largest absolute Gasteiger partial charge is 0.377 e. The van der Waals surface area contributed by atoms with Crippen molar-refractivity contribution in [3.05, 3.63) is 89.0 Å². The summed E-state index contributed by atoms with van der Waals surface area (Å²) in [6.45, 7) is 10.4. The summed E-state index contributed by atoms with van der Waals surface area (Å²) in [5.41, 5.74) is 6.40. The van der Waals surface area contributed by atoms with Crippen LogP contribution in [0.3, 0.4) is 0 Å². The molecule has 160 valence electrons. The molecule has 2 heterocycles. The first-order valence-corrected chi connectivity index (χ1v) is 10.6. The molecule has 2 aromatic heterocycles. The first kappa shape index (κ1) is 22.2. The maximum atomic E-state index is 12.5. The zero-order chi connectivity index (χ0) is 22.4. The number of allylic oxidation sites excluding steroid dienone is 1. The Bertz CT molecular complexity index is 1090. The number of rotatable bonds is 7. The van der Waals surface area contributed by atoms with Gasteiger partial charge in [-0.2, -0.15) is 0 Å². The number of nitrogens with one attached hydrogen (secondary N) is 2. The second kappa shape index (κ2) is 10.0. The summed E-state index contributed by atoms with van der Waals surface area (Å²) in [6, 6.07) is 11.8. The Morgan fingerprint density at radius 3 is 2.52 bits per heavy atom. The molecule has 0 aliphatic carbocycles. The van der Waals surface area contributed by atoms with Crippen LogP contribution in [0.4, 0.5) is 11.4 Å². The number of pyridine rings is 2. The summed E-state index contributed by atoms with van der Waals surface area (Å²) < 4.78 is 0. The quantitative estimate of drug-likeness (QED) is 0.484. The number of benzene rings is 1. The van der Waals surface area contributed by atoms with E-state index in [1.54, 1.807) is 12.4 Å². The summed E-state index contributed by atoms with van der Waals surface area (Å²) >= 11 is 0. The van der Waals surface area contributed by atoms with Crippen LogP contribution in [0, 0.1) is 19.8 Å². The van der Waals surface area contributed by atoms with Crippen LogP contribution in [0.15, 0.2) is 61.1 Å². The molecule has 1 amide bonds. The number of hydrogen-bond acceptors (Lipinski definition) is 4. The molecular weight excluding hydrogens is 384 g/mol. The SMILES string of the molecule is Cc1cncc(C(=O)Nc2cccc(C(C)Nc3cnc(/C=C\C(C)C)c(C)c3)c2)c1. The van der Waals surface area contributed by atoms with Crippen molar-refractivity contribution >= 4 is 23.4 Å². The van der Waals surface area contributed by atoms with Gasteiger partial charge in [0, 0.05) is 24.1 Å². The molecule has 3 aromatic rings. The van der Waals surface area contributed by atoms with E-state index in [1.807, 2.05) is 43.5 Å². The van der Waals surface area contributed by atoms with Crippen molar-refractivity contribution in [2.75, 3.05) is 10.6 Å². The van der Waals surface area contributed by atoms with Crippen molar-refractivity contribution in [1.82, 2.24) is 9.97 Å². The molecule has 0 radical (unpaired) electrons. The lowest BCUT2D eigenvalue weighted by atomic mass is 10.1. The summed E-state index contributed by atoms with van der Waals surface area (Å²) in [4.78, 5) is 21.2. The van der Waals surface area contributed by atoms with Crippen LogP contribution >= 0.6 is 0 Å². The molecule has 0 aliphatic heterocycles. The van der Waals surface area contributed by atoms with Gasteiger partial charge in [0.15, 0.2) is 0 Å². The maximum Gasteiger partial charge on any atom is 0.257 e. The minimum Gasteiger partial charge on any atom is -0.377 e. The van der Waals surface area contributed by atoms with E-state index in [0.717, 1.165) is 33.8 Å². The number of carbonyl (C=O) groups excluding carboxylic acids is 1. The number of aryl methyl sites for hydroxylation is 2. The lowest BCUT2D eigenvalue weighted by Gasteiger charge is -2.17. The van der Waals surface area contributed by atoms with E-state index in [9.17, 15) is 4.79 Å². The van der Waals surface area contributed by atoms with Gasteiger partial charge < -0.3 is 10.6 Å². The maximum absolute atomic E-state index is 12.5. The van der Waals surface area contributed by atoms with E-state index in [2.05, 4.69) is 66.5 Å². The first-order valence-electron chi connectivity index (χ1n) is 10.6. The lowest BCUT2D eigenvalue weighted by Crippen LogP contribution is -2.13. The highest BCUT2D eigenvalue weighted by Crippen LogP contribution is 2.23. The zero-order valence-corrected chi connectivity index (χ0v) is 18.8. The average Bonchev–Trinajstić information content (AvgIpc) is 2.73. The topological polar surface area (TPSA) is 66.9 Å².